The highest BCUT2D eigenvalue weighted by Crippen LogP contribution is 2.39. The molecule has 0 radical (unpaired) electrons. The quantitative estimate of drug-likeness (QED) is 0.168. The third-order valence-electron chi connectivity index (χ3n) is 9.53. The molecule has 0 bridgehead atoms. The second-order valence-electron chi connectivity index (χ2n) is 12.9. The van der Waals surface area contributed by atoms with Crippen LogP contribution in [0.2, 0.25) is 5.02 Å². The van der Waals surface area contributed by atoms with Crippen molar-refractivity contribution in [3.05, 3.63) is 142 Å². The number of carbonyl (C=O) groups is 1. The van der Waals surface area contributed by atoms with E-state index in [9.17, 15) is 15.0 Å². The number of amides is 1. The molecule has 0 spiro atoms. The van der Waals surface area contributed by atoms with Gasteiger partial charge in [0.15, 0.2) is 6.29 Å². The number of aliphatic hydroxyl groups is 2. The van der Waals surface area contributed by atoms with Gasteiger partial charge in [-0.1, -0.05) is 84.4 Å². The Bertz CT molecular complexity index is 1880. The first-order valence-corrected chi connectivity index (χ1v) is 17.0. The smallest absolute Gasteiger partial charge is 0.271 e. The number of likely N-dealkylation sites (tertiary alicyclic amines) is 1. The molecule has 2 saturated heterocycles. The van der Waals surface area contributed by atoms with E-state index >= 15 is 0 Å². The minimum absolute atomic E-state index is 0.0139. The molecule has 7 rings (SSSR count). The predicted octanol–water partition coefficient (Wildman–Crippen LogP) is 6.23. The van der Waals surface area contributed by atoms with Crippen LogP contribution in [-0.2, 0) is 28.2 Å². The molecule has 1 aromatic heterocycles. The van der Waals surface area contributed by atoms with Gasteiger partial charge in [-0.15, -0.1) is 0 Å². The highest BCUT2D eigenvalue weighted by atomic mass is 35.5. The van der Waals surface area contributed by atoms with E-state index in [1.807, 2.05) is 97.1 Å². The summed E-state index contributed by atoms with van der Waals surface area (Å²) in [6.07, 6.45) is 2.52. The number of halogens is 1. The maximum Gasteiger partial charge on any atom is 0.271 e. The fourth-order valence-electron chi connectivity index (χ4n) is 6.61. The Kier molecular flexibility index (Phi) is 10.00. The molecule has 2 fully saturated rings. The van der Waals surface area contributed by atoms with E-state index in [1.165, 1.54) is 6.20 Å². The van der Waals surface area contributed by atoms with Gasteiger partial charge in [-0.2, -0.15) is 0 Å². The summed E-state index contributed by atoms with van der Waals surface area (Å²) >= 11 is 6.08. The van der Waals surface area contributed by atoms with Crippen LogP contribution < -0.4 is 5.32 Å². The van der Waals surface area contributed by atoms with Gasteiger partial charge in [-0.25, -0.2) is 4.98 Å². The van der Waals surface area contributed by atoms with Crippen molar-refractivity contribution < 1.29 is 24.5 Å². The average molecular weight is 679 g/mol. The highest BCUT2D eigenvalue weighted by Gasteiger charge is 2.37. The third kappa shape index (κ3) is 7.83. The predicted molar refractivity (Wildman–Crippen MR) is 187 cm³/mol. The highest BCUT2D eigenvalue weighted by molar-refractivity contribution is 6.30. The molecule has 3 N–H and O–H groups in total. The second kappa shape index (κ2) is 14.7. The summed E-state index contributed by atoms with van der Waals surface area (Å²) in [6, 6.07) is 30.7. The molecule has 9 nitrogen and oxygen atoms in total. The summed E-state index contributed by atoms with van der Waals surface area (Å²) in [4.78, 5) is 24.0. The number of hydrogen-bond donors (Lipinski definition) is 3. The lowest BCUT2D eigenvalue weighted by molar-refractivity contribution is -0.253. The monoisotopic (exact) mass is 678 g/mol. The normalized spacial score (nSPS) is 21.0. The van der Waals surface area contributed by atoms with Crippen molar-refractivity contribution in [2.45, 2.75) is 56.5 Å². The standard InChI is InChI=1S/C39H39ClN4O5/c40-31-15-13-30(14-16-31)39(47)17-19-44(20-18-39)24-32-21-36(28-9-7-27(25-45)8-10-28)49-38(48-32)29-11-5-26(6-12-29)22-42-37(46)35-23-41-33-3-1-2-4-34(33)43-35/h1-16,23,32,36,38,45,47H,17-22,24-25H2,(H,42,46). The van der Waals surface area contributed by atoms with Crippen LogP contribution in [0.3, 0.4) is 0 Å². The van der Waals surface area contributed by atoms with Crippen LogP contribution in [0.25, 0.3) is 11.0 Å². The molecular weight excluding hydrogens is 640 g/mol. The molecule has 49 heavy (non-hydrogen) atoms. The number of aromatic nitrogens is 2. The molecule has 3 heterocycles. The van der Waals surface area contributed by atoms with Gasteiger partial charge in [0.05, 0.1) is 41.6 Å². The van der Waals surface area contributed by atoms with E-state index in [2.05, 4.69) is 20.2 Å². The number of rotatable bonds is 9. The number of benzene rings is 4. The summed E-state index contributed by atoms with van der Waals surface area (Å²) in [5.41, 5.74) is 5.40. The number of ether oxygens (including phenoxy) is 2. The van der Waals surface area contributed by atoms with Crippen molar-refractivity contribution in [3.8, 4) is 0 Å². The summed E-state index contributed by atoms with van der Waals surface area (Å²) in [6.45, 7) is 2.51. The van der Waals surface area contributed by atoms with Crippen molar-refractivity contribution in [1.29, 1.82) is 0 Å². The van der Waals surface area contributed by atoms with E-state index in [1.54, 1.807) is 0 Å². The molecule has 2 aliphatic rings. The van der Waals surface area contributed by atoms with Crippen molar-refractivity contribution >= 4 is 28.5 Å². The number of nitrogens with zero attached hydrogens (tertiary/aromatic N) is 3. The summed E-state index contributed by atoms with van der Waals surface area (Å²) < 4.78 is 13.1. The fraction of sp³-hybridized carbons (Fsp3) is 0.308. The Morgan fingerprint density at radius 3 is 2.27 bits per heavy atom. The van der Waals surface area contributed by atoms with Crippen LogP contribution in [0.4, 0.5) is 0 Å². The van der Waals surface area contributed by atoms with E-state index < -0.39 is 11.9 Å². The molecule has 0 saturated carbocycles. The summed E-state index contributed by atoms with van der Waals surface area (Å²) in [5.74, 6) is -0.288. The van der Waals surface area contributed by atoms with Gasteiger partial charge in [0.1, 0.15) is 5.69 Å². The van der Waals surface area contributed by atoms with Crippen LogP contribution in [0, 0.1) is 0 Å². The minimum atomic E-state index is -0.874. The van der Waals surface area contributed by atoms with Crippen LogP contribution in [-0.4, -0.2) is 56.7 Å². The number of hydrogen-bond acceptors (Lipinski definition) is 8. The maximum atomic E-state index is 12.8. The van der Waals surface area contributed by atoms with Crippen LogP contribution in [0.15, 0.2) is 103 Å². The van der Waals surface area contributed by atoms with Crippen LogP contribution in [0.1, 0.15) is 70.0 Å². The Morgan fingerprint density at radius 1 is 0.878 bits per heavy atom. The molecule has 0 aliphatic carbocycles. The first kappa shape index (κ1) is 33.3. The van der Waals surface area contributed by atoms with Crippen LogP contribution in [0.5, 0.6) is 0 Å². The van der Waals surface area contributed by atoms with Gasteiger partial charge in [0, 0.05) is 43.2 Å². The molecule has 4 aromatic carbocycles. The minimum Gasteiger partial charge on any atom is -0.392 e. The first-order valence-electron chi connectivity index (χ1n) is 16.7. The van der Waals surface area contributed by atoms with Crippen LogP contribution >= 0.6 is 11.6 Å². The number of para-hydroxylation sites is 2. The molecular formula is C39H39ClN4O5. The van der Waals surface area contributed by atoms with E-state index in [0.717, 1.165) is 46.4 Å². The summed E-state index contributed by atoms with van der Waals surface area (Å²) in [7, 11) is 0. The topological polar surface area (TPSA) is 117 Å². The fourth-order valence-corrected chi connectivity index (χ4v) is 6.73. The molecule has 2 aliphatic heterocycles. The zero-order valence-corrected chi connectivity index (χ0v) is 27.8. The third-order valence-corrected chi connectivity index (χ3v) is 9.78. The van der Waals surface area contributed by atoms with Crippen molar-refractivity contribution in [2.75, 3.05) is 19.6 Å². The largest absolute Gasteiger partial charge is 0.392 e. The average Bonchev–Trinajstić information content (AvgIpc) is 3.15. The molecule has 10 heteroatoms. The summed E-state index contributed by atoms with van der Waals surface area (Å²) in [5, 5.41) is 24.5. The van der Waals surface area contributed by atoms with Gasteiger partial charge in [0.2, 0.25) is 0 Å². The number of carbonyl (C=O) groups excluding carboxylic acids is 1. The zero-order chi connectivity index (χ0) is 33.8. The van der Waals surface area contributed by atoms with Gasteiger partial charge in [-0.05, 0) is 59.4 Å². The first-order chi connectivity index (χ1) is 23.8. The van der Waals surface area contributed by atoms with Crippen molar-refractivity contribution in [2.24, 2.45) is 0 Å². The lowest BCUT2D eigenvalue weighted by atomic mass is 9.84. The lowest BCUT2D eigenvalue weighted by Gasteiger charge is -2.42. The molecule has 3 atom stereocenters. The van der Waals surface area contributed by atoms with Crippen molar-refractivity contribution in [3.63, 3.8) is 0 Å². The Labute approximate surface area is 290 Å². The van der Waals surface area contributed by atoms with E-state index in [-0.39, 0.29) is 30.4 Å². The number of fused-ring (bicyclic) bond motifs is 1. The SMILES string of the molecule is O=C(NCc1ccc(C2OC(CN3CCC(O)(c4ccc(Cl)cc4)CC3)CC(c3ccc(CO)cc3)O2)cc1)c1cnc2ccccc2n1. The zero-order valence-electron chi connectivity index (χ0n) is 27.0. The Hall–Kier alpha value is -4.22. The van der Waals surface area contributed by atoms with Crippen molar-refractivity contribution in [1.82, 2.24) is 20.2 Å². The molecule has 5 aromatic rings. The van der Waals surface area contributed by atoms with E-state index in [0.29, 0.717) is 42.9 Å². The second-order valence-corrected chi connectivity index (χ2v) is 13.3. The van der Waals surface area contributed by atoms with E-state index in [4.69, 9.17) is 21.1 Å². The van der Waals surface area contributed by atoms with Gasteiger partial charge < -0.3 is 29.9 Å². The number of aliphatic hydroxyl groups excluding tert-OH is 1. The van der Waals surface area contributed by atoms with Gasteiger partial charge in [-0.3, -0.25) is 9.78 Å². The Balaban J connectivity index is 1.01. The lowest BCUT2D eigenvalue weighted by Crippen LogP contribution is -2.46. The molecule has 3 unspecified atom stereocenters. The van der Waals surface area contributed by atoms with Gasteiger partial charge >= 0.3 is 0 Å². The number of nitrogens with one attached hydrogen (secondary N) is 1. The maximum absolute atomic E-state index is 12.8. The van der Waals surface area contributed by atoms with Gasteiger partial charge in [0.25, 0.3) is 5.91 Å². The number of piperidine rings is 1. The molecule has 252 valence electrons. The molecule has 1 amide bonds. The Morgan fingerprint density at radius 2 is 1.55 bits per heavy atom.